The molecule has 9 aromatic rings. The van der Waals surface area contributed by atoms with Gasteiger partial charge in [0.2, 0.25) is 0 Å². The van der Waals surface area contributed by atoms with Crippen molar-refractivity contribution in [3.63, 3.8) is 0 Å². The minimum Gasteiger partial charge on any atom is -0.310 e. The van der Waals surface area contributed by atoms with Crippen molar-refractivity contribution in [3.05, 3.63) is 240 Å². The highest BCUT2D eigenvalue weighted by Crippen LogP contribution is 2.56. The highest BCUT2D eigenvalue weighted by molar-refractivity contribution is 6.10. The van der Waals surface area contributed by atoms with Gasteiger partial charge in [0.25, 0.3) is 0 Å². The summed E-state index contributed by atoms with van der Waals surface area (Å²) >= 11 is 0. The fraction of sp³-hybridized carbons (Fsp3) is 0.164. The van der Waals surface area contributed by atoms with E-state index in [2.05, 4.69) is 270 Å². The molecule has 0 heterocycles. The molecule has 2 heteroatoms. The molecule has 2 nitrogen and oxygen atoms in total. The topological polar surface area (TPSA) is 6.48 Å². The van der Waals surface area contributed by atoms with Gasteiger partial charge in [-0.2, -0.15) is 0 Å². The van der Waals surface area contributed by atoms with E-state index in [1.54, 1.807) is 0 Å². The molecule has 10 rings (SSSR count). The summed E-state index contributed by atoms with van der Waals surface area (Å²) in [5.41, 5.74) is 21.5. The summed E-state index contributed by atoms with van der Waals surface area (Å²) < 4.78 is 0. The molecular weight excluding hydrogens is 833 g/mol. The second-order valence-corrected chi connectivity index (χ2v) is 17.8. The monoisotopic (exact) mass is 899 g/mol. The van der Waals surface area contributed by atoms with Gasteiger partial charge in [-0.25, -0.2) is 0 Å². The van der Waals surface area contributed by atoms with Gasteiger partial charge in [0.05, 0.1) is 5.69 Å². The van der Waals surface area contributed by atoms with E-state index in [0.717, 1.165) is 28.4 Å². The molecule has 0 bridgehead atoms. The van der Waals surface area contributed by atoms with E-state index in [4.69, 9.17) is 0 Å². The minimum atomic E-state index is -0.308. The molecule has 0 saturated carbocycles. The second kappa shape index (κ2) is 21.1. The molecule has 0 aliphatic heterocycles. The Morgan fingerprint density at radius 2 is 0.783 bits per heavy atom. The van der Waals surface area contributed by atoms with Gasteiger partial charge in [0, 0.05) is 39.2 Å². The predicted molar refractivity (Wildman–Crippen MR) is 303 cm³/mol. The number of nitrogens with zero attached hydrogens (tertiary/aromatic N) is 2. The van der Waals surface area contributed by atoms with E-state index in [-0.39, 0.29) is 5.41 Å². The lowest BCUT2D eigenvalue weighted by Crippen LogP contribution is -2.18. The van der Waals surface area contributed by atoms with Crippen LogP contribution in [0.25, 0.3) is 56.3 Å². The molecule has 1 aliphatic carbocycles. The zero-order valence-corrected chi connectivity index (χ0v) is 42.2. The van der Waals surface area contributed by atoms with Gasteiger partial charge in [0.15, 0.2) is 0 Å². The first-order chi connectivity index (χ1) is 33.7. The van der Waals surface area contributed by atoms with E-state index >= 15 is 0 Å². The summed E-state index contributed by atoms with van der Waals surface area (Å²) in [6, 6.07) is 71.7. The van der Waals surface area contributed by atoms with Crippen LogP contribution in [0.3, 0.4) is 0 Å². The van der Waals surface area contributed by atoms with Gasteiger partial charge < -0.3 is 9.80 Å². The van der Waals surface area contributed by atoms with E-state index < -0.39 is 0 Å². The van der Waals surface area contributed by atoms with Crippen LogP contribution in [-0.2, 0) is 5.41 Å². The SMILES string of the molecule is C/C=C\c1cc(N(c2ccc(-c3ccccc3)cc2)c2ccc3c(c2)C(C)(C)c2cc(N(c4ccc(-c5ccccc5)cc4)c4ccc(C)c(/C=C\C)c4)c4ccccc4c2-3)ccc1C.CC.CC. The van der Waals surface area contributed by atoms with Crippen LogP contribution in [0, 0.1) is 13.8 Å². The van der Waals surface area contributed by atoms with Crippen molar-refractivity contribution >= 4 is 57.0 Å². The third-order valence-electron chi connectivity index (χ3n) is 13.3. The minimum absolute atomic E-state index is 0.308. The van der Waals surface area contributed by atoms with Crippen molar-refractivity contribution in [1.29, 1.82) is 0 Å². The highest BCUT2D eigenvalue weighted by atomic mass is 15.1. The van der Waals surface area contributed by atoms with E-state index in [9.17, 15) is 0 Å². The molecular formula is C67H66N2. The zero-order valence-electron chi connectivity index (χ0n) is 42.2. The number of benzene rings is 9. The van der Waals surface area contributed by atoms with Gasteiger partial charge in [-0.1, -0.05) is 193 Å². The molecule has 344 valence electrons. The van der Waals surface area contributed by atoms with Crippen molar-refractivity contribution in [2.75, 3.05) is 9.80 Å². The summed E-state index contributed by atoms with van der Waals surface area (Å²) in [4.78, 5) is 4.89. The molecule has 0 amide bonds. The Kier molecular flexibility index (Phi) is 14.6. The lowest BCUT2D eigenvalue weighted by atomic mass is 9.81. The van der Waals surface area contributed by atoms with Gasteiger partial charge >= 0.3 is 0 Å². The fourth-order valence-corrected chi connectivity index (χ4v) is 9.87. The third kappa shape index (κ3) is 9.33. The first kappa shape index (κ1) is 47.8. The van der Waals surface area contributed by atoms with Gasteiger partial charge in [-0.05, 0) is 167 Å². The average Bonchev–Trinajstić information content (AvgIpc) is 3.63. The van der Waals surface area contributed by atoms with Crippen molar-refractivity contribution in [3.8, 4) is 33.4 Å². The first-order valence-corrected chi connectivity index (χ1v) is 24.8. The maximum Gasteiger partial charge on any atom is 0.0543 e. The number of hydrogen-bond acceptors (Lipinski definition) is 2. The molecule has 0 radical (unpaired) electrons. The van der Waals surface area contributed by atoms with Crippen LogP contribution in [-0.4, -0.2) is 0 Å². The van der Waals surface area contributed by atoms with E-state index in [0.29, 0.717) is 0 Å². The van der Waals surface area contributed by atoms with Crippen LogP contribution in [0.15, 0.2) is 206 Å². The molecule has 0 saturated heterocycles. The molecule has 1 aliphatic rings. The number of fused-ring (bicyclic) bond motifs is 5. The normalized spacial score (nSPS) is 12.2. The summed E-state index contributed by atoms with van der Waals surface area (Å²) in [6.45, 7) is 21.4. The maximum atomic E-state index is 2.49. The lowest BCUT2D eigenvalue weighted by molar-refractivity contribution is 0.661. The summed E-state index contributed by atoms with van der Waals surface area (Å²) in [5, 5.41) is 2.48. The molecule has 0 aromatic heterocycles. The smallest absolute Gasteiger partial charge is 0.0543 e. The predicted octanol–water partition coefficient (Wildman–Crippen LogP) is 20.2. The largest absolute Gasteiger partial charge is 0.310 e. The average molecular weight is 899 g/mol. The number of hydrogen-bond donors (Lipinski definition) is 0. The van der Waals surface area contributed by atoms with E-state index in [1.807, 2.05) is 27.7 Å². The molecule has 9 aromatic carbocycles. The Labute approximate surface area is 412 Å². The Balaban J connectivity index is 0.00000156. The highest BCUT2D eigenvalue weighted by Gasteiger charge is 2.38. The number of allylic oxidation sites excluding steroid dienone is 2. The molecule has 0 atom stereocenters. The van der Waals surface area contributed by atoms with Gasteiger partial charge in [-0.3, -0.25) is 0 Å². The summed E-state index contributed by atoms with van der Waals surface area (Å²) in [5.74, 6) is 0. The van der Waals surface area contributed by atoms with Crippen LogP contribution in [0.2, 0.25) is 0 Å². The summed E-state index contributed by atoms with van der Waals surface area (Å²) in [7, 11) is 0. The maximum absolute atomic E-state index is 2.49. The second-order valence-electron chi connectivity index (χ2n) is 17.8. The lowest BCUT2D eigenvalue weighted by Gasteiger charge is -2.30. The van der Waals surface area contributed by atoms with Gasteiger partial charge in [0.1, 0.15) is 0 Å². The van der Waals surface area contributed by atoms with Crippen molar-refractivity contribution < 1.29 is 0 Å². The van der Waals surface area contributed by atoms with Crippen LogP contribution >= 0.6 is 0 Å². The van der Waals surface area contributed by atoms with Crippen LogP contribution < -0.4 is 9.80 Å². The van der Waals surface area contributed by atoms with Crippen molar-refractivity contribution in [2.24, 2.45) is 0 Å². The summed E-state index contributed by atoms with van der Waals surface area (Å²) in [6.07, 6.45) is 8.68. The number of rotatable bonds is 10. The molecule has 0 spiro atoms. The van der Waals surface area contributed by atoms with Gasteiger partial charge in [-0.15, -0.1) is 0 Å². The molecule has 0 N–H and O–H groups in total. The van der Waals surface area contributed by atoms with Crippen LogP contribution in [0.1, 0.15) is 88.8 Å². The molecule has 0 fully saturated rings. The third-order valence-corrected chi connectivity index (χ3v) is 13.3. The molecule has 69 heavy (non-hydrogen) atoms. The Hall–Kier alpha value is -7.68. The first-order valence-electron chi connectivity index (χ1n) is 24.8. The Morgan fingerprint density at radius 3 is 1.29 bits per heavy atom. The van der Waals surface area contributed by atoms with Crippen LogP contribution in [0.5, 0.6) is 0 Å². The van der Waals surface area contributed by atoms with Crippen LogP contribution in [0.4, 0.5) is 34.1 Å². The fourth-order valence-electron chi connectivity index (χ4n) is 9.87. The molecule has 0 unspecified atom stereocenters. The number of anilines is 6. The van der Waals surface area contributed by atoms with E-state index in [1.165, 1.54) is 83.2 Å². The Bertz CT molecular complexity index is 3250. The number of aryl methyl sites for hydroxylation is 2. The Morgan fingerprint density at radius 1 is 0.377 bits per heavy atom. The van der Waals surface area contributed by atoms with Crippen molar-refractivity contribution in [2.45, 2.75) is 74.7 Å². The standard InChI is InChI=1S/C63H54N2.2C2H6/c1-7-17-49-39-53(31-25-43(49)3)64(51-33-27-47(28-34-51)45-19-11-9-12-20-45)55-37-38-58-59(41-55)63(5,6)60-42-61(56-23-15-16-24-57(56)62(58)60)65(54-32-26-44(4)50(40-54)18-8-2)52-35-29-48(30-36-52)46-21-13-10-14-22-46;2*1-2/h7-42H,1-6H3;2*1-2H3/b17-7-,18-8-;;. The quantitative estimate of drug-likeness (QED) is 0.135. The van der Waals surface area contributed by atoms with Crippen molar-refractivity contribution in [1.82, 2.24) is 0 Å². The zero-order chi connectivity index (χ0) is 48.7.